The van der Waals surface area contributed by atoms with Crippen LogP contribution in [0, 0.1) is 5.41 Å². The van der Waals surface area contributed by atoms with E-state index in [1.807, 2.05) is 6.20 Å². The maximum Gasteiger partial charge on any atom is 0.0492 e. The monoisotopic (exact) mass is 136 g/mol. The zero-order valence-electron chi connectivity index (χ0n) is 6.46. The SMILES string of the molecule is CC1(C)Cc2ccnn2C1. The lowest BCUT2D eigenvalue weighted by Crippen LogP contribution is -2.12. The van der Waals surface area contributed by atoms with E-state index in [0.29, 0.717) is 5.41 Å². The molecule has 0 radical (unpaired) electrons. The molecule has 0 N–H and O–H groups in total. The molecule has 0 saturated carbocycles. The van der Waals surface area contributed by atoms with Crippen molar-refractivity contribution in [2.75, 3.05) is 0 Å². The van der Waals surface area contributed by atoms with E-state index in [-0.39, 0.29) is 0 Å². The van der Waals surface area contributed by atoms with Gasteiger partial charge in [-0.2, -0.15) is 5.10 Å². The Morgan fingerprint density at radius 1 is 1.60 bits per heavy atom. The molecule has 0 aliphatic carbocycles. The predicted molar refractivity (Wildman–Crippen MR) is 39.7 cm³/mol. The van der Waals surface area contributed by atoms with Crippen LogP contribution in [0.4, 0.5) is 0 Å². The maximum absolute atomic E-state index is 4.21. The molecule has 2 rings (SSSR count). The Balaban J connectivity index is 2.37. The lowest BCUT2D eigenvalue weighted by Gasteiger charge is -2.13. The molecule has 0 bridgehead atoms. The minimum Gasteiger partial charge on any atom is -0.269 e. The Labute approximate surface area is 60.9 Å². The third-order valence-electron chi connectivity index (χ3n) is 2.04. The van der Waals surface area contributed by atoms with Crippen LogP contribution in [0.25, 0.3) is 0 Å². The molecule has 0 amide bonds. The molecule has 1 aromatic rings. The number of rotatable bonds is 0. The van der Waals surface area contributed by atoms with Gasteiger partial charge in [-0.25, -0.2) is 0 Å². The summed E-state index contributed by atoms with van der Waals surface area (Å²) in [5, 5.41) is 4.21. The molecule has 1 aromatic heterocycles. The molecule has 10 heavy (non-hydrogen) atoms. The fourth-order valence-electron chi connectivity index (χ4n) is 1.60. The molecule has 1 aliphatic heterocycles. The zero-order chi connectivity index (χ0) is 7.19. The molecule has 0 fully saturated rings. The van der Waals surface area contributed by atoms with Crippen LogP contribution < -0.4 is 0 Å². The van der Waals surface area contributed by atoms with Gasteiger partial charge in [-0.3, -0.25) is 4.68 Å². The average molecular weight is 136 g/mol. The van der Waals surface area contributed by atoms with Crippen LogP contribution in [0.5, 0.6) is 0 Å². The van der Waals surface area contributed by atoms with E-state index in [1.54, 1.807) is 0 Å². The molecule has 0 saturated heterocycles. The zero-order valence-corrected chi connectivity index (χ0v) is 6.46. The Morgan fingerprint density at radius 2 is 2.40 bits per heavy atom. The van der Waals surface area contributed by atoms with Crippen molar-refractivity contribution < 1.29 is 0 Å². The molecule has 1 aliphatic rings. The van der Waals surface area contributed by atoms with Crippen LogP contribution in [-0.4, -0.2) is 9.78 Å². The summed E-state index contributed by atoms with van der Waals surface area (Å²) in [6.45, 7) is 5.64. The maximum atomic E-state index is 4.21. The second-order valence-electron chi connectivity index (χ2n) is 3.82. The van der Waals surface area contributed by atoms with Gasteiger partial charge in [0.25, 0.3) is 0 Å². The van der Waals surface area contributed by atoms with Crippen LogP contribution in [0.15, 0.2) is 12.3 Å². The van der Waals surface area contributed by atoms with Gasteiger partial charge in [0.15, 0.2) is 0 Å². The molecule has 0 unspecified atom stereocenters. The van der Waals surface area contributed by atoms with Crippen LogP contribution >= 0.6 is 0 Å². The van der Waals surface area contributed by atoms with Crippen LogP contribution in [0.3, 0.4) is 0 Å². The highest BCUT2D eigenvalue weighted by Gasteiger charge is 2.28. The van der Waals surface area contributed by atoms with Crippen molar-refractivity contribution in [2.24, 2.45) is 5.41 Å². The number of aromatic nitrogens is 2. The van der Waals surface area contributed by atoms with Gasteiger partial charge in [0.1, 0.15) is 0 Å². The molecule has 2 heteroatoms. The van der Waals surface area contributed by atoms with E-state index in [0.717, 1.165) is 6.54 Å². The van der Waals surface area contributed by atoms with Gasteiger partial charge in [0.05, 0.1) is 0 Å². The van der Waals surface area contributed by atoms with Gasteiger partial charge < -0.3 is 0 Å². The van der Waals surface area contributed by atoms with Crippen molar-refractivity contribution in [2.45, 2.75) is 26.8 Å². The van der Waals surface area contributed by atoms with Gasteiger partial charge in [0, 0.05) is 18.4 Å². The Kier molecular flexibility index (Phi) is 0.967. The van der Waals surface area contributed by atoms with Crippen LogP contribution in [-0.2, 0) is 13.0 Å². The normalized spacial score (nSPS) is 21.0. The van der Waals surface area contributed by atoms with Crippen molar-refractivity contribution in [1.29, 1.82) is 0 Å². The van der Waals surface area contributed by atoms with Crippen LogP contribution in [0.1, 0.15) is 19.5 Å². The molecule has 2 nitrogen and oxygen atoms in total. The minimum absolute atomic E-state index is 0.434. The van der Waals surface area contributed by atoms with E-state index in [2.05, 4.69) is 29.7 Å². The molecular weight excluding hydrogens is 124 g/mol. The fourth-order valence-corrected chi connectivity index (χ4v) is 1.60. The van der Waals surface area contributed by atoms with Gasteiger partial charge >= 0.3 is 0 Å². The molecule has 2 heterocycles. The molecule has 0 spiro atoms. The summed E-state index contributed by atoms with van der Waals surface area (Å²) in [6.07, 6.45) is 3.05. The second kappa shape index (κ2) is 1.62. The van der Waals surface area contributed by atoms with E-state index < -0.39 is 0 Å². The van der Waals surface area contributed by atoms with Gasteiger partial charge in [-0.1, -0.05) is 13.8 Å². The summed E-state index contributed by atoms with van der Waals surface area (Å²) in [6, 6.07) is 2.11. The number of hydrogen-bond donors (Lipinski definition) is 0. The first kappa shape index (κ1) is 5.96. The number of hydrogen-bond acceptors (Lipinski definition) is 1. The van der Waals surface area contributed by atoms with Gasteiger partial charge in [-0.15, -0.1) is 0 Å². The molecule has 0 aromatic carbocycles. The molecule has 0 atom stereocenters. The van der Waals surface area contributed by atoms with Crippen molar-refractivity contribution in [1.82, 2.24) is 9.78 Å². The smallest absolute Gasteiger partial charge is 0.0492 e. The third-order valence-corrected chi connectivity index (χ3v) is 2.04. The fraction of sp³-hybridized carbons (Fsp3) is 0.625. The van der Waals surface area contributed by atoms with E-state index in [4.69, 9.17) is 0 Å². The summed E-state index contributed by atoms with van der Waals surface area (Å²) in [5.74, 6) is 0. The van der Waals surface area contributed by atoms with E-state index >= 15 is 0 Å². The number of nitrogens with zero attached hydrogens (tertiary/aromatic N) is 2. The minimum atomic E-state index is 0.434. The summed E-state index contributed by atoms with van der Waals surface area (Å²) >= 11 is 0. The van der Waals surface area contributed by atoms with Crippen molar-refractivity contribution in [3.63, 3.8) is 0 Å². The number of fused-ring (bicyclic) bond motifs is 1. The average Bonchev–Trinajstić information content (AvgIpc) is 2.20. The largest absolute Gasteiger partial charge is 0.269 e. The van der Waals surface area contributed by atoms with Gasteiger partial charge in [-0.05, 0) is 17.9 Å². The van der Waals surface area contributed by atoms with Crippen molar-refractivity contribution >= 4 is 0 Å². The first-order valence-corrected chi connectivity index (χ1v) is 3.68. The standard InChI is InChI=1S/C8H12N2/c1-8(2)5-7-3-4-9-10(7)6-8/h3-4H,5-6H2,1-2H3. The third kappa shape index (κ3) is 0.753. The van der Waals surface area contributed by atoms with Crippen molar-refractivity contribution in [3.8, 4) is 0 Å². The summed E-state index contributed by atoms with van der Waals surface area (Å²) in [5.41, 5.74) is 1.81. The van der Waals surface area contributed by atoms with Crippen molar-refractivity contribution in [3.05, 3.63) is 18.0 Å². The van der Waals surface area contributed by atoms with E-state index in [1.165, 1.54) is 12.1 Å². The first-order valence-electron chi connectivity index (χ1n) is 3.68. The summed E-state index contributed by atoms with van der Waals surface area (Å²) in [7, 11) is 0. The van der Waals surface area contributed by atoms with Gasteiger partial charge in [0.2, 0.25) is 0 Å². The Hall–Kier alpha value is -0.790. The highest BCUT2D eigenvalue weighted by atomic mass is 15.3. The molecular formula is C8H12N2. The lowest BCUT2D eigenvalue weighted by atomic mass is 9.91. The second-order valence-corrected chi connectivity index (χ2v) is 3.82. The summed E-state index contributed by atoms with van der Waals surface area (Å²) < 4.78 is 2.10. The quantitative estimate of drug-likeness (QED) is 0.528. The molecule has 54 valence electrons. The first-order chi connectivity index (χ1) is 4.67. The Bertz CT molecular complexity index is 225. The van der Waals surface area contributed by atoms with E-state index in [9.17, 15) is 0 Å². The summed E-state index contributed by atoms with van der Waals surface area (Å²) in [4.78, 5) is 0. The highest BCUT2D eigenvalue weighted by molar-refractivity contribution is 5.08. The lowest BCUT2D eigenvalue weighted by molar-refractivity contribution is 0.347. The van der Waals surface area contributed by atoms with Crippen LogP contribution in [0.2, 0.25) is 0 Å². The Morgan fingerprint density at radius 3 is 3.10 bits per heavy atom. The highest BCUT2D eigenvalue weighted by Crippen LogP contribution is 2.29. The topological polar surface area (TPSA) is 17.8 Å². The predicted octanol–water partition coefficient (Wildman–Crippen LogP) is 1.47.